The predicted octanol–water partition coefficient (Wildman–Crippen LogP) is 1.57. The van der Waals surface area contributed by atoms with E-state index in [2.05, 4.69) is 10.6 Å². The Balaban J connectivity index is 1.84. The molecule has 1 aliphatic heterocycles. The van der Waals surface area contributed by atoms with E-state index in [1.807, 2.05) is 26.0 Å². The molecule has 0 radical (unpaired) electrons. The molecule has 110 valence electrons. The molecule has 1 aromatic rings. The van der Waals surface area contributed by atoms with Crippen LogP contribution in [0.1, 0.15) is 38.3 Å². The zero-order chi connectivity index (χ0) is 14.9. The Bertz CT molecular complexity index is 521. The maximum absolute atomic E-state index is 12.0. The molecule has 1 saturated heterocycles. The zero-order valence-corrected chi connectivity index (χ0v) is 12.3. The van der Waals surface area contributed by atoms with Crippen LogP contribution in [0.5, 0.6) is 0 Å². The van der Waals surface area contributed by atoms with Crippen molar-refractivity contribution >= 4 is 11.9 Å². The molecular formula is C14H21N3O3. The molecule has 6 heteroatoms. The van der Waals surface area contributed by atoms with Gasteiger partial charge in [-0.1, -0.05) is 0 Å². The summed E-state index contributed by atoms with van der Waals surface area (Å²) in [7, 11) is 0. The van der Waals surface area contributed by atoms with Gasteiger partial charge in [-0.25, -0.2) is 4.79 Å². The monoisotopic (exact) mass is 279 g/mol. The van der Waals surface area contributed by atoms with E-state index in [4.69, 9.17) is 4.42 Å². The maximum Gasteiger partial charge on any atom is 0.325 e. The van der Waals surface area contributed by atoms with Gasteiger partial charge in [0, 0.05) is 13.1 Å². The van der Waals surface area contributed by atoms with E-state index in [1.165, 1.54) is 4.90 Å². The lowest BCUT2D eigenvalue weighted by Gasteiger charge is -2.17. The molecule has 0 aromatic carbocycles. The number of nitrogens with zero attached hydrogens (tertiary/aromatic N) is 1. The first-order valence-corrected chi connectivity index (χ1v) is 6.75. The predicted molar refractivity (Wildman–Crippen MR) is 74.2 cm³/mol. The molecule has 1 fully saturated rings. The minimum Gasteiger partial charge on any atom is -0.465 e. The minimum absolute atomic E-state index is 0.0393. The highest BCUT2D eigenvalue weighted by molar-refractivity contribution is 6.06. The summed E-state index contributed by atoms with van der Waals surface area (Å²) in [6, 6.07) is 3.54. The first-order chi connectivity index (χ1) is 9.31. The van der Waals surface area contributed by atoms with Crippen LogP contribution in [0.15, 0.2) is 16.5 Å². The molecule has 0 saturated carbocycles. The molecule has 6 nitrogen and oxygen atoms in total. The van der Waals surface area contributed by atoms with Crippen LogP contribution in [0.2, 0.25) is 0 Å². The Hall–Kier alpha value is -1.82. The van der Waals surface area contributed by atoms with E-state index in [0.717, 1.165) is 11.5 Å². The molecule has 2 heterocycles. The molecule has 1 atom stereocenters. The van der Waals surface area contributed by atoms with Crippen LogP contribution < -0.4 is 10.6 Å². The number of urea groups is 1. The molecule has 1 aromatic heterocycles. The summed E-state index contributed by atoms with van der Waals surface area (Å²) in [4.78, 5) is 24.9. The largest absolute Gasteiger partial charge is 0.465 e. The van der Waals surface area contributed by atoms with Crippen LogP contribution in [0.4, 0.5) is 4.79 Å². The van der Waals surface area contributed by atoms with E-state index in [1.54, 1.807) is 13.8 Å². The molecule has 20 heavy (non-hydrogen) atoms. The molecule has 1 aliphatic rings. The van der Waals surface area contributed by atoms with Gasteiger partial charge in [0.1, 0.15) is 17.1 Å². The topological polar surface area (TPSA) is 74.6 Å². The van der Waals surface area contributed by atoms with Crippen LogP contribution >= 0.6 is 0 Å². The van der Waals surface area contributed by atoms with Crippen LogP contribution in [0.25, 0.3) is 0 Å². The lowest BCUT2D eigenvalue weighted by molar-refractivity contribution is -0.130. The van der Waals surface area contributed by atoms with Crippen molar-refractivity contribution in [3.8, 4) is 0 Å². The number of hydrogen-bond acceptors (Lipinski definition) is 4. The fraction of sp³-hybridized carbons (Fsp3) is 0.571. The van der Waals surface area contributed by atoms with Crippen molar-refractivity contribution in [2.45, 2.75) is 39.3 Å². The van der Waals surface area contributed by atoms with Gasteiger partial charge in [-0.2, -0.15) is 0 Å². The second-order valence-electron chi connectivity index (χ2n) is 5.64. The van der Waals surface area contributed by atoms with Gasteiger partial charge in [-0.05, 0) is 39.8 Å². The van der Waals surface area contributed by atoms with Crippen molar-refractivity contribution in [1.29, 1.82) is 0 Å². The Labute approximate surface area is 118 Å². The summed E-state index contributed by atoms with van der Waals surface area (Å²) >= 11 is 0. The second-order valence-corrected chi connectivity index (χ2v) is 5.64. The average molecular weight is 279 g/mol. The van der Waals surface area contributed by atoms with Gasteiger partial charge in [-0.3, -0.25) is 9.69 Å². The molecule has 2 N–H and O–H groups in total. The maximum atomic E-state index is 12.0. The summed E-state index contributed by atoms with van der Waals surface area (Å²) < 4.78 is 5.52. The highest BCUT2D eigenvalue weighted by atomic mass is 16.3. The number of imide groups is 1. The number of hydrogen-bond donors (Lipinski definition) is 2. The third kappa shape index (κ3) is 2.85. The highest BCUT2D eigenvalue weighted by Gasteiger charge is 2.43. The highest BCUT2D eigenvalue weighted by Crippen LogP contribution is 2.17. The molecule has 2 rings (SSSR count). The number of amides is 3. The van der Waals surface area contributed by atoms with Crippen molar-refractivity contribution in [1.82, 2.24) is 15.5 Å². The third-order valence-electron chi connectivity index (χ3n) is 3.42. The minimum atomic E-state index is -0.805. The van der Waals surface area contributed by atoms with Gasteiger partial charge >= 0.3 is 6.03 Å². The second kappa shape index (κ2) is 5.28. The molecule has 0 aliphatic carbocycles. The number of carbonyl (C=O) groups excluding carboxylic acids is 2. The van der Waals surface area contributed by atoms with Crippen LogP contribution in [-0.2, 0) is 4.79 Å². The third-order valence-corrected chi connectivity index (χ3v) is 3.42. The number of nitrogens with one attached hydrogen (secondary N) is 2. The van der Waals surface area contributed by atoms with Gasteiger partial charge in [0.25, 0.3) is 5.91 Å². The molecule has 0 spiro atoms. The SMILES string of the molecule is Cc1ccc(C(C)NCCN2C(=O)NC(C)(C)C2=O)o1. The van der Waals surface area contributed by atoms with Crippen molar-refractivity contribution in [3.05, 3.63) is 23.7 Å². The first-order valence-electron chi connectivity index (χ1n) is 6.75. The van der Waals surface area contributed by atoms with Crippen LogP contribution in [0.3, 0.4) is 0 Å². The lowest BCUT2D eigenvalue weighted by Crippen LogP contribution is -2.41. The van der Waals surface area contributed by atoms with E-state index in [-0.39, 0.29) is 18.0 Å². The zero-order valence-electron chi connectivity index (χ0n) is 12.3. The molecule has 0 bridgehead atoms. The lowest BCUT2D eigenvalue weighted by atomic mass is 10.1. The van der Waals surface area contributed by atoms with E-state index in [9.17, 15) is 9.59 Å². The average Bonchev–Trinajstić information content (AvgIpc) is 2.86. The molecule has 3 amide bonds. The van der Waals surface area contributed by atoms with Crippen molar-refractivity contribution in [2.75, 3.05) is 13.1 Å². The number of furan rings is 1. The van der Waals surface area contributed by atoms with E-state index in [0.29, 0.717) is 13.1 Å². The molecular weight excluding hydrogens is 258 g/mol. The summed E-state index contributed by atoms with van der Waals surface area (Å²) in [5.41, 5.74) is -0.805. The van der Waals surface area contributed by atoms with Gasteiger partial charge < -0.3 is 15.1 Å². The number of rotatable bonds is 5. The smallest absolute Gasteiger partial charge is 0.325 e. The summed E-state index contributed by atoms with van der Waals surface area (Å²) in [6.07, 6.45) is 0. The van der Waals surface area contributed by atoms with Gasteiger partial charge in [0.2, 0.25) is 0 Å². The Morgan fingerprint density at radius 3 is 2.60 bits per heavy atom. The van der Waals surface area contributed by atoms with Crippen molar-refractivity contribution in [2.24, 2.45) is 0 Å². The molecule has 1 unspecified atom stereocenters. The van der Waals surface area contributed by atoms with E-state index >= 15 is 0 Å². The van der Waals surface area contributed by atoms with E-state index < -0.39 is 5.54 Å². The Kier molecular flexibility index (Phi) is 3.85. The Morgan fingerprint density at radius 2 is 2.10 bits per heavy atom. The van der Waals surface area contributed by atoms with Crippen molar-refractivity contribution in [3.63, 3.8) is 0 Å². The summed E-state index contributed by atoms with van der Waals surface area (Å²) in [6.45, 7) is 8.15. The standard InChI is InChI=1S/C14H21N3O3/c1-9-5-6-11(20-9)10(2)15-7-8-17-12(18)14(3,4)16-13(17)19/h5-6,10,15H,7-8H2,1-4H3,(H,16,19). The van der Waals surface area contributed by atoms with Gasteiger partial charge in [0.05, 0.1) is 6.04 Å². The normalized spacial score (nSPS) is 19.3. The summed E-state index contributed by atoms with van der Waals surface area (Å²) in [5, 5.41) is 5.90. The first kappa shape index (κ1) is 14.6. The van der Waals surface area contributed by atoms with Crippen LogP contribution in [-0.4, -0.2) is 35.5 Å². The number of aryl methyl sites for hydroxylation is 1. The van der Waals surface area contributed by atoms with Gasteiger partial charge in [0.15, 0.2) is 0 Å². The van der Waals surface area contributed by atoms with Crippen LogP contribution in [0, 0.1) is 6.92 Å². The fourth-order valence-corrected chi connectivity index (χ4v) is 2.20. The Morgan fingerprint density at radius 1 is 1.40 bits per heavy atom. The number of carbonyl (C=O) groups is 2. The fourth-order valence-electron chi connectivity index (χ4n) is 2.20. The van der Waals surface area contributed by atoms with Gasteiger partial charge in [-0.15, -0.1) is 0 Å². The summed E-state index contributed by atoms with van der Waals surface area (Å²) in [5.74, 6) is 1.52. The quantitative estimate of drug-likeness (QED) is 0.802. The van der Waals surface area contributed by atoms with Crippen molar-refractivity contribution < 1.29 is 14.0 Å².